The number of amides is 2. The summed E-state index contributed by atoms with van der Waals surface area (Å²) in [5.41, 5.74) is 2.18. The molecule has 2 amide bonds. The molecule has 0 atom stereocenters. The number of hydrogen-bond donors (Lipinski definition) is 1. The summed E-state index contributed by atoms with van der Waals surface area (Å²) in [7, 11) is 6.94. The fraction of sp³-hybridized carbons (Fsp3) is 0.300. The Morgan fingerprint density at radius 1 is 0.963 bits per heavy atom. The van der Waals surface area contributed by atoms with Crippen molar-refractivity contribution >= 4 is 28.9 Å². The normalized spacial score (nSPS) is 10.1. The lowest BCUT2D eigenvalue weighted by atomic mass is 10.2. The number of nitrogens with zero attached hydrogens (tertiary/aromatic N) is 2. The van der Waals surface area contributed by atoms with E-state index in [1.54, 1.807) is 25.3 Å². The van der Waals surface area contributed by atoms with Gasteiger partial charge in [-0.3, -0.25) is 9.59 Å². The minimum absolute atomic E-state index is 0.105. The van der Waals surface area contributed by atoms with Gasteiger partial charge in [-0.2, -0.15) is 0 Å². The summed E-state index contributed by atoms with van der Waals surface area (Å²) in [6.07, 6.45) is 0. The number of methoxy groups -OCH3 is 2. The Kier molecular flexibility index (Phi) is 6.65. The van der Waals surface area contributed by atoms with Crippen LogP contribution in [0.3, 0.4) is 0 Å². The zero-order valence-corrected chi connectivity index (χ0v) is 16.3. The first-order valence-electron chi connectivity index (χ1n) is 8.43. The second kappa shape index (κ2) is 8.93. The van der Waals surface area contributed by atoms with E-state index in [0.29, 0.717) is 22.9 Å². The van der Waals surface area contributed by atoms with Crippen LogP contribution >= 0.6 is 0 Å². The first-order chi connectivity index (χ1) is 12.8. The summed E-state index contributed by atoms with van der Waals surface area (Å²) in [6, 6.07) is 12.5. The van der Waals surface area contributed by atoms with Gasteiger partial charge in [0.1, 0.15) is 18.0 Å². The number of hydrogen-bond acceptors (Lipinski definition) is 5. The molecule has 0 bridgehead atoms. The van der Waals surface area contributed by atoms with E-state index in [0.717, 1.165) is 5.69 Å². The lowest BCUT2D eigenvalue weighted by Crippen LogP contribution is -2.36. The molecule has 2 aromatic rings. The number of anilines is 3. The van der Waals surface area contributed by atoms with Crippen LogP contribution < -0.4 is 24.6 Å². The van der Waals surface area contributed by atoms with Crippen LogP contribution in [0.5, 0.6) is 11.5 Å². The summed E-state index contributed by atoms with van der Waals surface area (Å²) >= 11 is 0. The summed E-state index contributed by atoms with van der Waals surface area (Å²) in [5, 5.41) is 2.78. The van der Waals surface area contributed by atoms with Crippen LogP contribution in [0.4, 0.5) is 17.1 Å². The number of nitrogens with one attached hydrogen (secondary N) is 1. The zero-order valence-electron chi connectivity index (χ0n) is 16.3. The molecule has 1 N–H and O–H groups in total. The van der Waals surface area contributed by atoms with Gasteiger partial charge < -0.3 is 24.6 Å². The fourth-order valence-electron chi connectivity index (χ4n) is 2.55. The highest BCUT2D eigenvalue weighted by Crippen LogP contribution is 2.29. The predicted molar refractivity (Wildman–Crippen MR) is 107 cm³/mol. The highest BCUT2D eigenvalue weighted by atomic mass is 16.5. The maximum atomic E-state index is 12.5. The van der Waals surface area contributed by atoms with E-state index in [-0.39, 0.29) is 18.4 Å². The average molecular weight is 371 g/mol. The Morgan fingerprint density at radius 2 is 1.59 bits per heavy atom. The molecule has 27 heavy (non-hydrogen) atoms. The smallest absolute Gasteiger partial charge is 0.244 e. The Bertz CT molecular complexity index is 803. The van der Waals surface area contributed by atoms with E-state index in [9.17, 15) is 9.59 Å². The van der Waals surface area contributed by atoms with Crippen molar-refractivity contribution in [2.24, 2.45) is 0 Å². The van der Waals surface area contributed by atoms with Crippen LogP contribution in [0.2, 0.25) is 0 Å². The van der Waals surface area contributed by atoms with Crippen molar-refractivity contribution in [1.82, 2.24) is 0 Å². The molecule has 0 heterocycles. The standard InChI is InChI=1S/C20H25N3O4/c1-14(24)23(16-8-6-15(7-9-16)22(2)3)13-20(25)21-18-11-10-17(26-4)12-19(18)27-5/h6-12H,13H2,1-5H3,(H,21,25). The van der Waals surface area contributed by atoms with Gasteiger partial charge in [-0.25, -0.2) is 0 Å². The van der Waals surface area contributed by atoms with Crippen molar-refractivity contribution in [1.29, 1.82) is 0 Å². The predicted octanol–water partition coefficient (Wildman–Crippen LogP) is 2.76. The van der Waals surface area contributed by atoms with Gasteiger partial charge in [0.2, 0.25) is 11.8 Å². The Labute approximate surface area is 159 Å². The SMILES string of the molecule is COc1ccc(NC(=O)CN(C(C)=O)c2ccc(N(C)C)cc2)c(OC)c1. The van der Waals surface area contributed by atoms with Gasteiger partial charge in [0.15, 0.2) is 0 Å². The van der Waals surface area contributed by atoms with Crippen LogP contribution in [0.1, 0.15) is 6.92 Å². The molecule has 0 aromatic heterocycles. The molecule has 0 aliphatic heterocycles. The fourth-order valence-corrected chi connectivity index (χ4v) is 2.55. The van der Waals surface area contributed by atoms with Crippen molar-refractivity contribution < 1.29 is 19.1 Å². The molecular formula is C20H25N3O4. The van der Waals surface area contributed by atoms with Crippen LogP contribution in [0.25, 0.3) is 0 Å². The maximum Gasteiger partial charge on any atom is 0.244 e. The number of carbonyl (C=O) groups is 2. The highest BCUT2D eigenvalue weighted by Gasteiger charge is 2.17. The lowest BCUT2D eigenvalue weighted by molar-refractivity contribution is -0.120. The maximum absolute atomic E-state index is 12.5. The van der Waals surface area contributed by atoms with Gasteiger partial charge >= 0.3 is 0 Å². The summed E-state index contributed by atoms with van der Waals surface area (Å²) < 4.78 is 10.4. The summed E-state index contributed by atoms with van der Waals surface area (Å²) in [5.74, 6) is 0.554. The Morgan fingerprint density at radius 3 is 2.11 bits per heavy atom. The van der Waals surface area contributed by atoms with Gasteiger partial charge in [-0.15, -0.1) is 0 Å². The molecule has 0 radical (unpaired) electrons. The van der Waals surface area contributed by atoms with Crippen LogP contribution in [-0.4, -0.2) is 46.7 Å². The molecule has 0 saturated heterocycles. The van der Waals surface area contributed by atoms with Crippen molar-refractivity contribution in [3.05, 3.63) is 42.5 Å². The molecule has 2 rings (SSSR count). The third kappa shape index (κ3) is 5.13. The molecule has 7 heteroatoms. The van der Waals surface area contributed by atoms with E-state index >= 15 is 0 Å². The number of benzene rings is 2. The third-order valence-electron chi connectivity index (χ3n) is 4.04. The molecule has 144 valence electrons. The van der Waals surface area contributed by atoms with Crippen LogP contribution in [-0.2, 0) is 9.59 Å². The summed E-state index contributed by atoms with van der Waals surface area (Å²) in [4.78, 5) is 27.9. The van der Waals surface area contributed by atoms with E-state index in [2.05, 4.69) is 5.32 Å². The monoisotopic (exact) mass is 371 g/mol. The molecular weight excluding hydrogens is 346 g/mol. The van der Waals surface area contributed by atoms with Gasteiger partial charge in [-0.05, 0) is 36.4 Å². The van der Waals surface area contributed by atoms with E-state index < -0.39 is 0 Å². The largest absolute Gasteiger partial charge is 0.497 e. The average Bonchev–Trinajstić information content (AvgIpc) is 2.66. The molecule has 0 saturated carbocycles. The number of rotatable bonds is 7. The molecule has 0 fully saturated rings. The molecule has 2 aromatic carbocycles. The summed E-state index contributed by atoms with van der Waals surface area (Å²) in [6.45, 7) is 1.33. The number of ether oxygens (including phenoxy) is 2. The topological polar surface area (TPSA) is 71.1 Å². The van der Waals surface area contributed by atoms with E-state index in [4.69, 9.17) is 9.47 Å². The molecule has 0 unspecified atom stereocenters. The first-order valence-corrected chi connectivity index (χ1v) is 8.43. The molecule has 7 nitrogen and oxygen atoms in total. The van der Waals surface area contributed by atoms with Crippen LogP contribution in [0, 0.1) is 0 Å². The molecule has 0 spiro atoms. The number of carbonyl (C=O) groups excluding carboxylic acids is 2. The van der Waals surface area contributed by atoms with Gasteiger partial charge in [0.25, 0.3) is 0 Å². The van der Waals surface area contributed by atoms with Crippen molar-refractivity contribution in [2.75, 3.05) is 50.0 Å². The quantitative estimate of drug-likeness (QED) is 0.810. The Hall–Kier alpha value is -3.22. The minimum atomic E-state index is -0.328. The van der Waals surface area contributed by atoms with Gasteiger partial charge in [-0.1, -0.05) is 0 Å². The van der Waals surface area contributed by atoms with Crippen molar-refractivity contribution in [3.63, 3.8) is 0 Å². The Balaban J connectivity index is 2.14. The van der Waals surface area contributed by atoms with Crippen LogP contribution in [0.15, 0.2) is 42.5 Å². The zero-order chi connectivity index (χ0) is 20.0. The second-order valence-corrected chi connectivity index (χ2v) is 6.13. The highest BCUT2D eigenvalue weighted by molar-refractivity contribution is 6.02. The lowest BCUT2D eigenvalue weighted by Gasteiger charge is -2.22. The molecule has 0 aliphatic rings. The van der Waals surface area contributed by atoms with E-state index in [1.165, 1.54) is 18.9 Å². The molecule has 0 aliphatic carbocycles. The van der Waals surface area contributed by atoms with Crippen molar-refractivity contribution in [3.8, 4) is 11.5 Å². The third-order valence-corrected chi connectivity index (χ3v) is 4.04. The van der Waals surface area contributed by atoms with E-state index in [1.807, 2.05) is 43.3 Å². The van der Waals surface area contributed by atoms with Gasteiger partial charge in [0.05, 0.1) is 19.9 Å². The minimum Gasteiger partial charge on any atom is -0.497 e. The second-order valence-electron chi connectivity index (χ2n) is 6.13. The van der Waals surface area contributed by atoms with Gasteiger partial charge in [0, 0.05) is 38.5 Å². The van der Waals surface area contributed by atoms with Crippen molar-refractivity contribution in [2.45, 2.75) is 6.92 Å². The first kappa shape index (κ1) is 20.1.